The average Bonchev–Trinajstić information content (AvgIpc) is 3.29. The molecule has 0 aromatic carbocycles. The molecular formula is C16H26IN7O2. The summed E-state index contributed by atoms with van der Waals surface area (Å²) in [6, 6.07) is 0.329. The molecule has 1 aliphatic carbocycles. The molecule has 2 N–H and O–H groups in total. The van der Waals surface area contributed by atoms with E-state index in [1.54, 1.807) is 15.8 Å². The van der Waals surface area contributed by atoms with Crippen LogP contribution < -0.4 is 15.5 Å². The van der Waals surface area contributed by atoms with Gasteiger partial charge in [0, 0.05) is 38.9 Å². The van der Waals surface area contributed by atoms with Crippen LogP contribution in [-0.4, -0.2) is 71.2 Å². The SMILES string of the molecule is CCNC(=NCC(=O)NC1CC1)N1CCN(c2cnn(C)c2)C(=O)C1.I. The molecule has 2 heterocycles. The monoisotopic (exact) mass is 475 g/mol. The molecular weight excluding hydrogens is 449 g/mol. The molecule has 0 spiro atoms. The van der Waals surface area contributed by atoms with Gasteiger partial charge >= 0.3 is 0 Å². The Bertz CT molecular complexity index is 671. The molecule has 0 bridgehead atoms. The van der Waals surface area contributed by atoms with Crippen LogP contribution in [0, 0.1) is 0 Å². The predicted molar refractivity (Wildman–Crippen MR) is 110 cm³/mol. The van der Waals surface area contributed by atoms with E-state index in [4.69, 9.17) is 0 Å². The number of aliphatic imine (C=N–C) groups is 1. The number of halogens is 1. The van der Waals surface area contributed by atoms with Crippen molar-refractivity contribution in [1.29, 1.82) is 0 Å². The number of carbonyl (C=O) groups excluding carboxylic acids is 2. The van der Waals surface area contributed by atoms with Crippen LogP contribution in [0.5, 0.6) is 0 Å². The highest BCUT2D eigenvalue weighted by atomic mass is 127. The second kappa shape index (κ2) is 9.19. The minimum absolute atomic E-state index is 0. The zero-order chi connectivity index (χ0) is 17.8. The Kier molecular flexibility index (Phi) is 7.23. The van der Waals surface area contributed by atoms with Gasteiger partial charge in [-0.05, 0) is 19.8 Å². The van der Waals surface area contributed by atoms with E-state index in [9.17, 15) is 9.59 Å². The van der Waals surface area contributed by atoms with E-state index in [0.29, 0.717) is 31.6 Å². The van der Waals surface area contributed by atoms with E-state index in [2.05, 4.69) is 20.7 Å². The molecule has 3 rings (SSSR count). The van der Waals surface area contributed by atoms with Crippen LogP contribution in [0.1, 0.15) is 19.8 Å². The van der Waals surface area contributed by atoms with Gasteiger partial charge < -0.3 is 20.4 Å². The molecule has 0 atom stereocenters. The molecule has 10 heteroatoms. The van der Waals surface area contributed by atoms with Crippen molar-refractivity contribution in [2.24, 2.45) is 12.0 Å². The van der Waals surface area contributed by atoms with E-state index >= 15 is 0 Å². The van der Waals surface area contributed by atoms with Gasteiger partial charge in [0.1, 0.15) is 13.1 Å². The summed E-state index contributed by atoms with van der Waals surface area (Å²) in [4.78, 5) is 32.3. The fourth-order valence-electron chi connectivity index (χ4n) is 2.75. The lowest BCUT2D eigenvalue weighted by Crippen LogP contribution is -2.55. The van der Waals surface area contributed by atoms with Crippen LogP contribution in [0.15, 0.2) is 17.4 Å². The van der Waals surface area contributed by atoms with Crippen molar-refractivity contribution in [3.63, 3.8) is 0 Å². The number of aryl methyl sites for hydroxylation is 1. The molecule has 26 heavy (non-hydrogen) atoms. The van der Waals surface area contributed by atoms with Crippen LogP contribution in [0.3, 0.4) is 0 Å². The van der Waals surface area contributed by atoms with E-state index in [1.807, 2.05) is 25.1 Å². The van der Waals surface area contributed by atoms with Crippen LogP contribution in [0.2, 0.25) is 0 Å². The first kappa shape index (κ1) is 20.5. The molecule has 1 saturated carbocycles. The second-order valence-corrected chi connectivity index (χ2v) is 6.35. The van der Waals surface area contributed by atoms with Gasteiger partial charge in [-0.2, -0.15) is 5.10 Å². The predicted octanol–water partition coefficient (Wildman–Crippen LogP) is -0.0692. The van der Waals surface area contributed by atoms with Gasteiger partial charge in [0.25, 0.3) is 0 Å². The summed E-state index contributed by atoms with van der Waals surface area (Å²) in [5, 5.41) is 10.2. The molecule has 2 aliphatic rings. The number of hydrogen-bond acceptors (Lipinski definition) is 4. The van der Waals surface area contributed by atoms with Gasteiger partial charge in [-0.1, -0.05) is 0 Å². The fraction of sp³-hybridized carbons (Fsp3) is 0.625. The van der Waals surface area contributed by atoms with Crippen molar-refractivity contribution < 1.29 is 9.59 Å². The molecule has 0 unspecified atom stereocenters. The van der Waals surface area contributed by atoms with E-state index in [1.165, 1.54) is 0 Å². The van der Waals surface area contributed by atoms with E-state index < -0.39 is 0 Å². The minimum atomic E-state index is -0.0711. The molecule has 1 aromatic heterocycles. The second-order valence-electron chi connectivity index (χ2n) is 6.35. The third kappa shape index (κ3) is 5.32. The number of piperazine rings is 1. The molecule has 9 nitrogen and oxygen atoms in total. The van der Waals surface area contributed by atoms with Gasteiger partial charge in [0.2, 0.25) is 11.8 Å². The third-order valence-electron chi connectivity index (χ3n) is 4.17. The number of guanidine groups is 1. The standard InChI is InChI=1S/C16H25N7O2.HI/c1-3-17-16(18-9-14(24)20-12-4-5-12)22-6-7-23(15(25)11-22)13-8-19-21(2)10-13;/h8,10,12H,3-7,9,11H2,1-2H3,(H,17,18)(H,20,24);1H. The molecule has 1 aliphatic heterocycles. The molecule has 1 saturated heterocycles. The quantitative estimate of drug-likeness (QED) is 0.354. The molecule has 1 aromatic rings. The number of anilines is 1. The Hall–Kier alpha value is -1.85. The maximum Gasteiger partial charge on any atom is 0.246 e. The highest BCUT2D eigenvalue weighted by molar-refractivity contribution is 14.0. The topological polar surface area (TPSA) is 94.9 Å². The van der Waals surface area contributed by atoms with Crippen LogP contribution in [0.25, 0.3) is 0 Å². The van der Waals surface area contributed by atoms with Crippen molar-refractivity contribution in [1.82, 2.24) is 25.3 Å². The van der Waals surface area contributed by atoms with Gasteiger partial charge in [-0.25, -0.2) is 4.99 Å². The summed E-state index contributed by atoms with van der Waals surface area (Å²) in [6.45, 7) is 4.16. The molecule has 2 amide bonds. The first-order valence-corrected chi connectivity index (χ1v) is 8.68. The maximum absolute atomic E-state index is 12.5. The Morgan fingerprint density at radius 1 is 1.38 bits per heavy atom. The summed E-state index contributed by atoms with van der Waals surface area (Å²) in [5.41, 5.74) is 0.804. The van der Waals surface area contributed by atoms with Crippen molar-refractivity contribution >= 4 is 47.4 Å². The first-order chi connectivity index (χ1) is 12.1. The summed E-state index contributed by atoms with van der Waals surface area (Å²) >= 11 is 0. The number of hydrogen-bond donors (Lipinski definition) is 2. The van der Waals surface area contributed by atoms with Crippen LogP contribution in [0.4, 0.5) is 5.69 Å². The van der Waals surface area contributed by atoms with Gasteiger partial charge in [-0.3, -0.25) is 14.3 Å². The molecule has 144 valence electrons. The average molecular weight is 475 g/mol. The van der Waals surface area contributed by atoms with E-state index in [-0.39, 0.29) is 48.9 Å². The summed E-state index contributed by atoms with van der Waals surface area (Å²) in [7, 11) is 1.83. The lowest BCUT2D eigenvalue weighted by molar-refractivity contribution is -0.120. The maximum atomic E-state index is 12.5. The van der Waals surface area contributed by atoms with E-state index in [0.717, 1.165) is 18.5 Å². The Labute approximate surface area is 170 Å². The lowest BCUT2D eigenvalue weighted by atomic mass is 10.3. The Balaban J connectivity index is 0.00000243. The Morgan fingerprint density at radius 2 is 2.15 bits per heavy atom. The normalized spacial score (nSPS) is 17.8. The highest BCUT2D eigenvalue weighted by Crippen LogP contribution is 2.18. The highest BCUT2D eigenvalue weighted by Gasteiger charge is 2.28. The number of nitrogens with one attached hydrogen (secondary N) is 2. The smallest absolute Gasteiger partial charge is 0.246 e. The zero-order valence-electron chi connectivity index (χ0n) is 15.1. The van der Waals surface area contributed by atoms with Crippen molar-refractivity contribution in [3.8, 4) is 0 Å². The largest absolute Gasteiger partial charge is 0.356 e. The summed E-state index contributed by atoms with van der Waals surface area (Å²) in [5.74, 6) is 0.526. The van der Waals surface area contributed by atoms with Crippen molar-refractivity contribution in [2.45, 2.75) is 25.8 Å². The first-order valence-electron chi connectivity index (χ1n) is 8.68. The number of carbonyl (C=O) groups is 2. The molecule has 0 radical (unpaired) electrons. The van der Waals surface area contributed by atoms with Crippen molar-refractivity contribution in [2.75, 3.05) is 37.6 Å². The third-order valence-corrected chi connectivity index (χ3v) is 4.17. The number of rotatable bonds is 5. The van der Waals surface area contributed by atoms with Crippen LogP contribution in [-0.2, 0) is 16.6 Å². The Morgan fingerprint density at radius 3 is 2.73 bits per heavy atom. The zero-order valence-corrected chi connectivity index (χ0v) is 17.5. The van der Waals surface area contributed by atoms with Crippen molar-refractivity contribution in [3.05, 3.63) is 12.4 Å². The number of nitrogens with zero attached hydrogens (tertiary/aromatic N) is 5. The van der Waals surface area contributed by atoms with Gasteiger partial charge in [0.05, 0.1) is 11.9 Å². The van der Waals surface area contributed by atoms with Crippen LogP contribution >= 0.6 is 24.0 Å². The van der Waals surface area contributed by atoms with Gasteiger partial charge in [0.15, 0.2) is 5.96 Å². The fourth-order valence-corrected chi connectivity index (χ4v) is 2.75. The van der Waals surface area contributed by atoms with Gasteiger partial charge in [-0.15, -0.1) is 24.0 Å². The lowest BCUT2D eigenvalue weighted by Gasteiger charge is -2.35. The summed E-state index contributed by atoms with van der Waals surface area (Å²) < 4.78 is 1.68. The molecule has 2 fully saturated rings. The minimum Gasteiger partial charge on any atom is -0.356 e. The number of amides is 2. The number of aromatic nitrogens is 2. The summed E-state index contributed by atoms with van der Waals surface area (Å²) in [6.07, 6.45) is 5.63.